The van der Waals surface area contributed by atoms with Gasteiger partial charge in [0.05, 0.1) is 5.52 Å². The van der Waals surface area contributed by atoms with E-state index in [0.29, 0.717) is 0 Å². The zero-order chi connectivity index (χ0) is 9.42. The molecule has 2 rings (SSSR count). The van der Waals surface area contributed by atoms with Crippen LogP contribution in [-0.2, 0) is 6.54 Å². The summed E-state index contributed by atoms with van der Waals surface area (Å²) in [6, 6.07) is 4.67. The van der Waals surface area contributed by atoms with Crippen LogP contribution in [0.2, 0.25) is 0 Å². The first-order chi connectivity index (χ1) is 6.22. The summed E-state index contributed by atoms with van der Waals surface area (Å²) in [7, 11) is 0. The number of aryl methyl sites for hydroxylation is 1. The summed E-state index contributed by atoms with van der Waals surface area (Å²) in [5, 5.41) is 5.16. The molecule has 2 aromatic rings. The van der Waals surface area contributed by atoms with Gasteiger partial charge in [0.1, 0.15) is 10.4 Å². The van der Waals surface area contributed by atoms with Crippen LogP contribution >= 0.6 is 15.9 Å². The predicted molar refractivity (Wildman–Crippen MR) is 53.1 cm³/mol. The summed E-state index contributed by atoms with van der Waals surface area (Å²) in [6.07, 6.45) is 0. The summed E-state index contributed by atoms with van der Waals surface area (Å²) in [6.45, 7) is 2.72. The number of aromatic nitrogens is 2. The zero-order valence-electron chi connectivity index (χ0n) is 7.09. The van der Waals surface area contributed by atoms with Gasteiger partial charge in [0.2, 0.25) is 0 Å². The predicted octanol–water partition coefficient (Wildman–Crippen LogP) is 2.96. The van der Waals surface area contributed by atoms with Crippen LogP contribution in [0.1, 0.15) is 6.92 Å². The fourth-order valence-electron chi connectivity index (χ4n) is 1.35. The van der Waals surface area contributed by atoms with E-state index < -0.39 is 0 Å². The minimum Gasteiger partial charge on any atom is -0.264 e. The molecule has 0 fully saturated rings. The smallest absolute Gasteiger partial charge is 0.136 e. The molecule has 0 aliphatic heterocycles. The van der Waals surface area contributed by atoms with E-state index in [2.05, 4.69) is 21.0 Å². The van der Waals surface area contributed by atoms with Crippen molar-refractivity contribution in [2.24, 2.45) is 0 Å². The second-order valence-electron chi connectivity index (χ2n) is 2.77. The Balaban J connectivity index is 2.81. The number of nitrogens with zero attached hydrogens (tertiary/aromatic N) is 2. The topological polar surface area (TPSA) is 17.8 Å². The number of benzene rings is 1. The number of rotatable bonds is 1. The molecule has 13 heavy (non-hydrogen) atoms. The van der Waals surface area contributed by atoms with E-state index in [4.69, 9.17) is 0 Å². The third-order valence-electron chi connectivity index (χ3n) is 1.97. The standard InChI is InChI=1S/C9H8BrFN2/c1-2-13-8-5-6(11)3-4-7(8)9(10)12-13/h3-5H,2H2,1H3. The van der Waals surface area contributed by atoms with Gasteiger partial charge in [0.25, 0.3) is 0 Å². The maximum absolute atomic E-state index is 12.9. The van der Waals surface area contributed by atoms with Gasteiger partial charge < -0.3 is 0 Å². The first kappa shape index (κ1) is 8.69. The van der Waals surface area contributed by atoms with E-state index in [9.17, 15) is 4.39 Å². The molecule has 0 saturated heterocycles. The molecular weight excluding hydrogens is 235 g/mol. The van der Waals surface area contributed by atoms with Crippen molar-refractivity contribution < 1.29 is 4.39 Å². The highest BCUT2D eigenvalue weighted by Crippen LogP contribution is 2.23. The first-order valence-corrected chi connectivity index (χ1v) is 4.83. The van der Waals surface area contributed by atoms with Crippen molar-refractivity contribution in [3.05, 3.63) is 28.6 Å². The minimum absolute atomic E-state index is 0.227. The average molecular weight is 243 g/mol. The molecule has 0 amide bonds. The minimum atomic E-state index is -0.227. The number of hydrogen-bond acceptors (Lipinski definition) is 1. The van der Waals surface area contributed by atoms with E-state index >= 15 is 0 Å². The summed E-state index contributed by atoms with van der Waals surface area (Å²) >= 11 is 3.33. The Morgan fingerprint density at radius 1 is 1.54 bits per heavy atom. The van der Waals surface area contributed by atoms with E-state index in [1.165, 1.54) is 12.1 Å². The Morgan fingerprint density at radius 2 is 2.31 bits per heavy atom. The third-order valence-corrected chi connectivity index (χ3v) is 2.55. The Bertz CT molecular complexity index is 450. The van der Waals surface area contributed by atoms with Gasteiger partial charge in [-0.05, 0) is 41.1 Å². The van der Waals surface area contributed by atoms with Gasteiger partial charge in [0.15, 0.2) is 0 Å². The molecule has 0 aliphatic carbocycles. The molecule has 0 aliphatic rings. The molecule has 1 aromatic carbocycles. The highest BCUT2D eigenvalue weighted by Gasteiger charge is 2.07. The third kappa shape index (κ3) is 1.35. The van der Waals surface area contributed by atoms with E-state index in [1.54, 1.807) is 10.7 Å². The summed E-state index contributed by atoms with van der Waals surface area (Å²) in [5.74, 6) is -0.227. The van der Waals surface area contributed by atoms with Crippen molar-refractivity contribution in [2.75, 3.05) is 0 Å². The Labute approximate surface area is 83.5 Å². The van der Waals surface area contributed by atoms with Gasteiger partial charge in [-0.1, -0.05) is 0 Å². The summed E-state index contributed by atoms with van der Waals surface area (Å²) in [4.78, 5) is 0. The molecule has 0 spiro atoms. The van der Waals surface area contributed by atoms with Gasteiger partial charge >= 0.3 is 0 Å². The first-order valence-electron chi connectivity index (χ1n) is 4.04. The van der Waals surface area contributed by atoms with E-state index in [-0.39, 0.29) is 5.82 Å². The SMILES string of the molecule is CCn1nc(Br)c2ccc(F)cc21. The Morgan fingerprint density at radius 3 is 3.00 bits per heavy atom. The Kier molecular flexibility index (Phi) is 2.07. The lowest BCUT2D eigenvalue weighted by Gasteiger charge is -1.96. The van der Waals surface area contributed by atoms with Crippen molar-refractivity contribution in [3.63, 3.8) is 0 Å². The fourth-order valence-corrected chi connectivity index (χ4v) is 1.87. The lowest BCUT2D eigenvalue weighted by atomic mass is 10.2. The monoisotopic (exact) mass is 242 g/mol. The molecule has 0 saturated carbocycles. The quantitative estimate of drug-likeness (QED) is 0.752. The van der Waals surface area contributed by atoms with Crippen LogP contribution in [0.4, 0.5) is 4.39 Å². The molecule has 0 unspecified atom stereocenters. The van der Waals surface area contributed by atoms with Crippen molar-refractivity contribution in [1.29, 1.82) is 0 Å². The van der Waals surface area contributed by atoms with Crippen molar-refractivity contribution in [3.8, 4) is 0 Å². The second kappa shape index (κ2) is 3.10. The van der Waals surface area contributed by atoms with Crippen molar-refractivity contribution in [2.45, 2.75) is 13.5 Å². The molecular formula is C9H8BrFN2. The summed E-state index contributed by atoms with van der Waals surface area (Å²) in [5.41, 5.74) is 0.828. The molecule has 0 bridgehead atoms. The lowest BCUT2D eigenvalue weighted by molar-refractivity contribution is 0.625. The van der Waals surface area contributed by atoms with Crippen LogP contribution < -0.4 is 0 Å². The maximum atomic E-state index is 12.9. The van der Waals surface area contributed by atoms with Crippen LogP contribution in [-0.4, -0.2) is 9.78 Å². The molecule has 1 heterocycles. The molecule has 0 N–H and O–H groups in total. The van der Waals surface area contributed by atoms with Crippen LogP contribution in [0.25, 0.3) is 10.9 Å². The van der Waals surface area contributed by atoms with Crippen LogP contribution in [0.5, 0.6) is 0 Å². The highest BCUT2D eigenvalue weighted by atomic mass is 79.9. The summed E-state index contributed by atoms with van der Waals surface area (Å²) < 4.78 is 15.4. The average Bonchev–Trinajstić information content (AvgIpc) is 2.42. The van der Waals surface area contributed by atoms with Gasteiger partial charge in [-0.25, -0.2) is 4.39 Å². The van der Waals surface area contributed by atoms with Crippen LogP contribution in [0, 0.1) is 5.82 Å². The van der Waals surface area contributed by atoms with Gasteiger partial charge in [-0.3, -0.25) is 4.68 Å². The molecule has 0 atom stereocenters. The highest BCUT2D eigenvalue weighted by molar-refractivity contribution is 9.10. The molecule has 4 heteroatoms. The van der Waals surface area contributed by atoms with Crippen LogP contribution in [0.15, 0.2) is 22.8 Å². The molecule has 68 valence electrons. The number of fused-ring (bicyclic) bond motifs is 1. The van der Waals surface area contributed by atoms with Crippen molar-refractivity contribution in [1.82, 2.24) is 9.78 Å². The van der Waals surface area contributed by atoms with Crippen molar-refractivity contribution >= 4 is 26.8 Å². The Hall–Kier alpha value is -0.900. The lowest BCUT2D eigenvalue weighted by Crippen LogP contribution is -1.95. The molecule has 1 aromatic heterocycles. The maximum Gasteiger partial charge on any atom is 0.136 e. The zero-order valence-corrected chi connectivity index (χ0v) is 8.68. The van der Waals surface area contributed by atoms with E-state index in [0.717, 1.165) is 22.1 Å². The van der Waals surface area contributed by atoms with Gasteiger partial charge in [-0.2, -0.15) is 5.10 Å². The fraction of sp³-hybridized carbons (Fsp3) is 0.222. The van der Waals surface area contributed by atoms with E-state index in [1.807, 2.05) is 6.92 Å². The number of halogens is 2. The normalized spacial score (nSPS) is 11.0. The second-order valence-corrected chi connectivity index (χ2v) is 3.52. The largest absolute Gasteiger partial charge is 0.264 e. The van der Waals surface area contributed by atoms with Crippen LogP contribution in [0.3, 0.4) is 0 Å². The number of hydrogen-bond donors (Lipinski definition) is 0. The molecule has 2 nitrogen and oxygen atoms in total. The van der Waals surface area contributed by atoms with Gasteiger partial charge in [0, 0.05) is 11.9 Å². The van der Waals surface area contributed by atoms with Gasteiger partial charge in [-0.15, -0.1) is 0 Å². The molecule has 0 radical (unpaired) electrons.